The van der Waals surface area contributed by atoms with Gasteiger partial charge in [-0.05, 0) is 26.0 Å². The molecule has 0 aromatic carbocycles. The first kappa shape index (κ1) is 6.49. The number of hydrogen-bond donors (Lipinski definition) is 0. The van der Waals surface area contributed by atoms with Crippen LogP contribution in [0, 0.1) is 18.4 Å². The van der Waals surface area contributed by atoms with Crippen LogP contribution in [-0.4, -0.2) is 0 Å². The largest absolute Gasteiger partial charge is 0.467 e. The van der Waals surface area contributed by atoms with E-state index in [4.69, 9.17) is 16.6 Å². The third-order valence-corrected chi connectivity index (χ3v) is 1.25. The molecule has 1 nitrogen and oxygen atoms in total. The predicted octanol–water partition coefficient (Wildman–Crippen LogP) is 2.63. The van der Waals surface area contributed by atoms with Crippen molar-refractivity contribution in [2.75, 3.05) is 0 Å². The fraction of sp³-hybridized carbons (Fsp3) is 0.286. The molecule has 1 rings (SSSR count). The Labute approximate surface area is 59.3 Å². The zero-order chi connectivity index (χ0) is 6.85. The summed E-state index contributed by atoms with van der Waals surface area (Å²) in [5.74, 6) is 1.75. The highest BCUT2D eigenvalue weighted by molar-refractivity contribution is 7.71. The molecule has 0 saturated heterocycles. The van der Waals surface area contributed by atoms with Crippen LogP contribution in [0.5, 0.6) is 0 Å². The highest BCUT2D eigenvalue weighted by atomic mass is 32.1. The molecule has 0 bridgehead atoms. The molecule has 1 aromatic rings. The highest BCUT2D eigenvalue weighted by Gasteiger charge is 1.87. The zero-order valence-corrected chi connectivity index (χ0v) is 6.29. The van der Waals surface area contributed by atoms with Crippen molar-refractivity contribution in [3.8, 4) is 0 Å². The van der Waals surface area contributed by atoms with Gasteiger partial charge in [-0.25, -0.2) is 0 Å². The molecular weight excluding hydrogens is 132 g/mol. The van der Waals surface area contributed by atoms with E-state index in [9.17, 15) is 0 Å². The van der Waals surface area contributed by atoms with Crippen LogP contribution in [0.2, 0.25) is 0 Å². The van der Waals surface area contributed by atoms with Gasteiger partial charge in [0.2, 0.25) is 0 Å². The summed E-state index contributed by atoms with van der Waals surface area (Å²) in [6.45, 7) is 3.78. The second kappa shape index (κ2) is 2.31. The van der Waals surface area contributed by atoms with Crippen LogP contribution >= 0.6 is 12.2 Å². The van der Waals surface area contributed by atoms with Gasteiger partial charge in [0, 0.05) is 4.51 Å². The van der Waals surface area contributed by atoms with Gasteiger partial charge in [-0.15, -0.1) is 0 Å². The molecule has 0 atom stereocenters. The quantitative estimate of drug-likeness (QED) is 0.514. The molecule has 48 valence electrons. The summed E-state index contributed by atoms with van der Waals surface area (Å²) in [6.07, 6.45) is 0. The van der Waals surface area contributed by atoms with E-state index in [-0.39, 0.29) is 0 Å². The van der Waals surface area contributed by atoms with Gasteiger partial charge in [-0.2, -0.15) is 0 Å². The van der Waals surface area contributed by atoms with Crippen LogP contribution in [0.3, 0.4) is 0 Å². The number of rotatable bonds is 0. The minimum Gasteiger partial charge on any atom is -0.467 e. The summed E-state index contributed by atoms with van der Waals surface area (Å²) < 4.78 is 6.04. The zero-order valence-electron chi connectivity index (χ0n) is 5.47. The van der Waals surface area contributed by atoms with Crippen molar-refractivity contribution in [2.45, 2.75) is 13.8 Å². The standard InChI is InChI=1S/C7H8OS/c1-5-3-7(9)4-6(2)8-5/h3-4H,1-2H3. The highest BCUT2D eigenvalue weighted by Crippen LogP contribution is 2.03. The van der Waals surface area contributed by atoms with Crippen molar-refractivity contribution in [3.05, 3.63) is 28.2 Å². The van der Waals surface area contributed by atoms with Crippen LogP contribution in [-0.2, 0) is 0 Å². The molecular formula is C7H8OS. The molecule has 0 saturated carbocycles. The van der Waals surface area contributed by atoms with Gasteiger partial charge in [0.05, 0.1) is 0 Å². The maximum absolute atomic E-state index is 5.19. The molecule has 0 unspecified atom stereocenters. The Morgan fingerprint density at radius 2 is 1.67 bits per heavy atom. The van der Waals surface area contributed by atoms with Gasteiger partial charge in [0.1, 0.15) is 11.5 Å². The third-order valence-electron chi connectivity index (χ3n) is 1.01. The van der Waals surface area contributed by atoms with Crippen LogP contribution in [0.1, 0.15) is 11.5 Å². The molecule has 0 amide bonds. The van der Waals surface area contributed by atoms with E-state index in [1.807, 2.05) is 26.0 Å². The summed E-state index contributed by atoms with van der Waals surface area (Å²) in [7, 11) is 0. The molecule has 0 aliphatic heterocycles. The van der Waals surface area contributed by atoms with E-state index in [2.05, 4.69) is 0 Å². The molecule has 2 heteroatoms. The summed E-state index contributed by atoms with van der Waals surface area (Å²) in [4.78, 5) is 0. The Balaban J connectivity index is 3.33. The van der Waals surface area contributed by atoms with Gasteiger partial charge in [0.25, 0.3) is 0 Å². The van der Waals surface area contributed by atoms with Crippen LogP contribution in [0.25, 0.3) is 0 Å². The van der Waals surface area contributed by atoms with Crippen molar-refractivity contribution in [1.82, 2.24) is 0 Å². The minimum atomic E-state index is 0.844. The molecule has 1 heterocycles. The minimum absolute atomic E-state index is 0.844. The first-order valence-corrected chi connectivity index (χ1v) is 3.18. The van der Waals surface area contributed by atoms with Crippen molar-refractivity contribution < 1.29 is 4.42 Å². The van der Waals surface area contributed by atoms with Gasteiger partial charge in [0.15, 0.2) is 0 Å². The van der Waals surface area contributed by atoms with Crippen LogP contribution < -0.4 is 0 Å². The SMILES string of the molecule is Cc1cc(=S)cc(C)o1. The van der Waals surface area contributed by atoms with E-state index < -0.39 is 0 Å². The lowest BCUT2D eigenvalue weighted by atomic mass is 10.4. The molecule has 0 radical (unpaired) electrons. The van der Waals surface area contributed by atoms with E-state index in [1.54, 1.807) is 0 Å². The summed E-state index contributed by atoms with van der Waals surface area (Å²) in [5.41, 5.74) is 0. The van der Waals surface area contributed by atoms with E-state index >= 15 is 0 Å². The van der Waals surface area contributed by atoms with E-state index in [0.717, 1.165) is 16.0 Å². The van der Waals surface area contributed by atoms with Crippen molar-refractivity contribution in [2.24, 2.45) is 0 Å². The van der Waals surface area contributed by atoms with Crippen molar-refractivity contribution in [1.29, 1.82) is 0 Å². The van der Waals surface area contributed by atoms with Gasteiger partial charge in [-0.3, -0.25) is 0 Å². The smallest absolute Gasteiger partial charge is 0.102 e. The van der Waals surface area contributed by atoms with Crippen molar-refractivity contribution >= 4 is 12.2 Å². The molecule has 0 aliphatic carbocycles. The first-order chi connectivity index (χ1) is 4.18. The monoisotopic (exact) mass is 140 g/mol. The Kier molecular flexibility index (Phi) is 1.67. The first-order valence-electron chi connectivity index (χ1n) is 2.77. The number of aryl methyl sites for hydroxylation is 2. The van der Waals surface area contributed by atoms with Crippen LogP contribution in [0.15, 0.2) is 16.5 Å². The lowest BCUT2D eigenvalue weighted by Crippen LogP contribution is -1.74. The second-order valence-corrected chi connectivity index (χ2v) is 2.49. The Morgan fingerprint density at radius 1 is 1.22 bits per heavy atom. The molecule has 0 N–H and O–H groups in total. The fourth-order valence-electron chi connectivity index (χ4n) is 0.755. The topological polar surface area (TPSA) is 13.1 Å². The predicted molar refractivity (Wildman–Crippen MR) is 39.0 cm³/mol. The van der Waals surface area contributed by atoms with Crippen molar-refractivity contribution in [3.63, 3.8) is 0 Å². The number of hydrogen-bond acceptors (Lipinski definition) is 2. The molecule has 0 aliphatic rings. The third kappa shape index (κ3) is 1.64. The Bertz CT molecular complexity index is 239. The Hall–Kier alpha value is -0.630. The molecule has 9 heavy (non-hydrogen) atoms. The molecule has 0 spiro atoms. The summed E-state index contributed by atoms with van der Waals surface area (Å²) in [6, 6.07) is 3.67. The van der Waals surface area contributed by atoms with Gasteiger partial charge < -0.3 is 4.42 Å². The average molecular weight is 140 g/mol. The summed E-state index contributed by atoms with van der Waals surface area (Å²) >= 11 is 4.93. The maximum atomic E-state index is 5.19. The normalized spacial score (nSPS) is 9.56. The fourth-order valence-corrected chi connectivity index (χ4v) is 1.09. The Morgan fingerprint density at radius 3 is 2.00 bits per heavy atom. The molecule has 0 fully saturated rings. The van der Waals surface area contributed by atoms with Crippen LogP contribution in [0.4, 0.5) is 0 Å². The lowest BCUT2D eigenvalue weighted by Gasteiger charge is -1.92. The summed E-state index contributed by atoms with van der Waals surface area (Å²) in [5, 5.41) is 0. The second-order valence-electron chi connectivity index (χ2n) is 2.01. The van der Waals surface area contributed by atoms with Gasteiger partial charge >= 0.3 is 0 Å². The van der Waals surface area contributed by atoms with E-state index in [1.165, 1.54) is 0 Å². The van der Waals surface area contributed by atoms with E-state index in [0.29, 0.717) is 0 Å². The maximum Gasteiger partial charge on any atom is 0.102 e. The lowest BCUT2D eigenvalue weighted by molar-refractivity contribution is 0.485. The molecule has 1 aromatic heterocycles. The van der Waals surface area contributed by atoms with Gasteiger partial charge in [-0.1, -0.05) is 12.2 Å². The average Bonchev–Trinajstić information content (AvgIpc) is 1.59.